The van der Waals surface area contributed by atoms with Crippen LogP contribution in [0.3, 0.4) is 0 Å². The van der Waals surface area contributed by atoms with Crippen LogP contribution in [0.4, 0.5) is 0 Å². The molecule has 0 bridgehead atoms. The van der Waals surface area contributed by atoms with E-state index in [9.17, 15) is 0 Å². The first-order valence-electron chi connectivity index (χ1n) is 2.96. The summed E-state index contributed by atoms with van der Waals surface area (Å²) in [6.45, 7) is 0.0626. The molecule has 11 heavy (non-hydrogen) atoms. The van der Waals surface area contributed by atoms with E-state index >= 15 is 0 Å². The van der Waals surface area contributed by atoms with Crippen LogP contribution in [0.2, 0.25) is 4.34 Å². The summed E-state index contributed by atoms with van der Waals surface area (Å²) in [5.74, 6) is 0. The van der Waals surface area contributed by atoms with Gasteiger partial charge < -0.3 is 5.11 Å². The van der Waals surface area contributed by atoms with E-state index in [1.165, 1.54) is 11.3 Å². The van der Waals surface area contributed by atoms with Gasteiger partial charge >= 0.3 is 0 Å². The summed E-state index contributed by atoms with van der Waals surface area (Å²) in [5.41, 5.74) is 0. The fraction of sp³-hybridized carbons (Fsp3) is 0.143. The fourth-order valence-corrected chi connectivity index (χ4v) is 2.28. The minimum absolute atomic E-state index is 0.0626. The van der Waals surface area contributed by atoms with E-state index in [2.05, 4.69) is 15.9 Å². The molecule has 1 aromatic heterocycles. The summed E-state index contributed by atoms with van der Waals surface area (Å²) in [4.78, 5) is 1.04. The highest BCUT2D eigenvalue weighted by molar-refractivity contribution is 9.10. The van der Waals surface area contributed by atoms with Gasteiger partial charge in [-0.05, 0) is 28.1 Å². The maximum absolute atomic E-state index is 8.48. The van der Waals surface area contributed by atoms with Crippen LogP contribution >= 0.6 is 38.9 Å². The molecule has 0 amide bonds. The van der Waals surface area contributed by atoms with Crippen molar-refractivity contribution in [1.29, 1.82) is 0 Å². The lowest BCUT2D eigenvalue weighted by Crippen LogP contribution is -1.68. The SMILES string of the molecule is OC/C=C/c1cc(Br)c(Cl)s1. The molecule has 1 N–H and O–H groups in total. The van der Waals surface area contributed by atoms with E-state index in [-0.39, 0.29) is 6.61 Å². The molecular weight excluding hydrogens is 248 g/mol. The second-order valence-corrected chi connectivity index (χ2v) is 4.40. The van der Waals surface area contributed by atoms with Gasteiger partial charge in [0, 0.05) is 9.35 Å². The predicted molar refractivity (Wildman–Crippen MR) is 53.1 cm³/mol. The molecule has 4 heteroatoms. The number of aliphatic hydroxyl groups excluding tert-OH is 1. The quantitative estimate of drug-likeness (QED) is 0.858. The third kappa shape index (κ3) is 2.60. The Kier molecular flexibility index (Phi) is 3.59. The molecule has 0 unspecified atom stereocenters. The zero-order chi connectivity index (χ0) is 8.27. The monoisotopic (exact) mass is 252 g/mol. The van der Waals surface area contributed by atoms with Crippen molar-refractivity contribution in [1.82, 2.24) is 0 Å². The Bertz CT molecular complexity index is 250. The van der Waals surface area contributed by atoms with Gasteiger partial charge in [0.1, 0.15) is 4.34 Å². The van der Waals surface area contributed by atoms with Crippen LogP contribution in [0, 0.1) is 0 Å². The summed E-state index contributed by atoms with van der Waals surface area (Å²) >= 11 is 10.5. The zero-order valence-electron chi connectivity index (χ0n) is 5.55. The van der Waals surface area contributed by atoms with Crippen molar-refractivity contribution >= 4 is 44.9 Å². The molecule has 0 aliphatic carbocycles. The van der Waals surface area contributed by atoms with Gasteiger partial charge in [-0.25, -0.2) is 0 Å². The molecule has 0 aromatic carbocycles. The van der Waals surface area contributed by atoms with E-state index in [1.807, 2.05) is 12.1 Å². The first-order valence-corrected chi connectivity index (χ1v) is 4.95. The lowest BCUT2D eigenvalue weighted by Gasteiger charge is -1.79. The van der Waals surface area contributed by atoms with Gasteiger partial charge in [-0.15, -0.1) is 11.3 Å². The van der Waals surface area contributed by atoms with Crippen LogP contribution in [-0.2, 0) is 0 Å². The van der Waals surface area contributed by atoms with Gasteiger partial charge in [-0.2, -0.15) is 0 Å². The molecule has 0 fully saturated rings. The molecule has 0 saturated carbocycles. The summed E-state index contributed by atoms with van der Waals surface area (Å²) in [6, 6.07) is 1.92. The highest BCUT2D eigenvalue weighted by Crippen LogP contribution is 2.32. The van der Waals surface area contributed by atoms with Crippen molar-refractivity contribution in [2.75, 3.05) is 6.61 Å². The van der Waals surface area contributed by atoms with Gasteiger partial charge in [-0.3, -0.25) is 0 Å². The minimum atomic E-state index is 0.0626. The standard InChI is InChI=1S/C7H6BrClOS/c8-6-4-5(2-1-3-10)11-7(6)9/h1-2,4,10H,3H2/b2-1+. The molecule has 0 spiro atoms. The van der Waals surface area contributed by atoms with E-state index in [0.29, 0.717) is 0 Å². The molecule has 0 aliphatic heterocycles. The van der Waals surface area contributed by atoms with Crippen LogP contribution in [0.15, 0.2) is 16.6 Å². The topological polar surface area (TPSA) is 20.2 Å². The van der Waals surface area contributed by atoms with Gasteiger partial charge in [0.15, 0.2) is 0 Å². The third-order valence-electron chi connectivity index (χ3n) is 1.05. The summed E-state index contributed by atoms with van der Waals surface area (Å²) in [6.07, 6.45) is 3.51. The number of rotatable bonds is 2. The molecule has 1 aromatic rings. The molecule has 0 aliphatic rings. The second-order valence-electron chi connectivity index (χ2n) is 1.86. The Morgan fingerprint density at radius 2 is 2.45 bits per heavy atom. The maximum atomic E-state index is 8.48. The van der Waals surface area contributed by atoms with E-state index in [4.69, 9.17) is 16.7 Å². The zero-order valence-corrected chi connectivity index (χ0v) is 8.71. The fourth-order valence-electron chi connectivity index (χ4n) is 0.614. The number of hydrogen-bond acceptors (Lipinski definition) is 2. The van der Waals surface area contributed by atoms with Gasteiger partial charge in [0.05, 0.1) is 6.61 Å². The number of hydrogen-bond donors (Lipinski definition) is 1. The Morgan fingerprint density at radius 1 is 1.73 bits per heavy atom. The third-order valence-corrected chi connectivity index (χ3v) is 3.49. The summed E-state index contributed by atoms with van der Waals surface area (Å²) in [5, 5.41) is 8.48. The van der Waals surface area contributed by atoms with Crippen LogP contribution in [0.1, 0.15) is 4.88 Å². The van der Waals surface area contributed by atoms with Crippen LogP contribution < -0.4 is 0 Å². The summed E-state index contributed by atoms with van der Waals surface area (Å²) < 4.78 is 1.64. The average Bonchev–Trinajstić information content (AvgIpc) is 2.28. The average molecular weight is 254 g/mol. The molecule has 1 nitrogen and oxygen atoms in total. The Morgan fingerprint density at radius 3 is 2.91 bits per heavy atom. The first kappa shape index (κ1) is 9.26. The molecule has 0 atom stereocenters. The van der Waals surface area contributed by atoms with Gasteiger partial charge in [-0.1, -0.05) is 17.7 Å². The van der Waals surface area contributed by atoms with E-state index in [0.717, 1.165) is 13.7 Å². The van der Waals surface area contributed by atoms with Crippen molar-refractivity contribution in [3.8, 4) is 0 Å². The molecule has 0 radical (unpaired) electrons. The van der Waals surface area contributed by atoms with Gasteiger partial charge in [0.2, 0.25) is 0 Å². The van der Waals surface area contributed by atoms with Crippen molar-refractivity contribution in [3.05, 3.63) is 25.8 Å². The van der Waals surface area contributed by atoms with Crippen molar-refractivity contribution in [2.45, 2.75) is 0 Å². The predicted octanol–water partition coefficient (Wildman–Crippen LogP) is 3.17. The van der Waals surface area contributed by atoms with Crippen molar-refractivity contribution < 1.29 is 5.11 Å². The lowest BCUT2D eigenvalue weighted by atomic mass is 10.4. The van der Waals surface area contributed by atoms with Crippen LogP contribution in [-0.4, -0.2) is 11.7 Å². The smallest absolute Gasteiger partial charge is 0.108 e. The Hall–Kier alpha value is 0.170. The molecule has 1 heterocycles. The van der Waals surface area contributed by atoms with E-state index < -0.39 is 0 Å². The molecule has 60 valence electrons. The number of aliphatic hydroxyl groups is 1. The van der Waals surface area contributed by atoms with E-state index in [1.54, 1.807) is 6.08 Å². The summed E-state index contributed by atoms with van der Waals surface area (Å²) in [7, 11) is 0. The highest BCUT2D eigenvalue weighted by atomic mass is 79.9. The van der Waals surface area contributed by atoms with Crippen LogP contribution in [0.5, 0.6) is 0 Å². The normalized spacial score (nSPS) is 11.2. The maximum Gasteiger partial charge on any atom is 0.108 e. The largest absolute Gasteiger partial charge is 0.392 e. The van der Waals surface area contributed by atoms with Crippen molar-refractivity contribution in [2.24, 2.45) is 0 Å². The molecular formula is C7H6BrClOS. The van der Waals surface area contributed by atoms with Crippen molar-refractivity contribution in [3.63, 3.8) is 0 Å². The Labute approximate surface area is 82.4 Å². The minimum Gasteiger partial charge on any atom is -0.392 e. The molecule has 0 saturated heterocycles. The Balaban J connectivity index is 2.80. The second kappa shape index (κ2) is 4.26. The number of thiophene rings is 1. The molecule has 1 rings (SSSR count). The highest BCUT2D eigenvalue weighted by Gasteiger charge is 2.00. The lowest BCUT2D eigenvalue weighted by molar-refractivity contribution is 0.343. The van der Waals surface area contributed by atoms with Gasteiger partial charge in [0.25, 0.3) is 0 Å². The van der Waals surface area contributed by atoms with Crippen LogP contribution in [0.25, 0.3) is 6.08 Å². The number of halogens is 2. The first-order chi connectivity index (χ1) is 5.24.